The number of aliphatic imine (C=N–C) groups is 1. The summed E-state index contributed by atoms with van der Waals surface area (Å²) in [7, 11) is 0. The van der Waals surface area contributed by atoms with E-state index in [2.05, 4.69) is 4.99 Å². The van der Waals surface area contributed by atoms with E-state index in [0.29, 0.717) is 5.84 Å². The molecule has 2 heterocycles. The fourth-order valence-electron chi connectivity index (χ4n) is 2.02. The highest BCUT2D eigenvalue weighted by Crippen LogP contribution is 2.36. The number of halogens is 1. The minimum Gasteiger partial charge on any atom is -0.394 e. The molecule has 0 aliphatic carbocycles. The highest BCUT2D eigenvalue weighted by atomic mass is 19.1. The van der Waals surface area contributed by atoms with Gasteiger partial charge in [0.1, 0.15) is 24.7 Å². The minimum atomic E-state index is -1.97. The molecule has 17 heavy (non-hydrogen) atoms. The van der Waals surface area contributed by atoms with Crippen molar-refractivity contribution < 1.29 is 19.3 Å². The standard InChI is InChI=1S/C10H16FN3O3/c1-10(11)8(16)6(4-15)17-9(10)14-3-2-7(12)13-5-14/h2-3,6,8-9,15-16H,4-5H2,1H3,(H2,12,13)/t6-,8-,9?,10-/m1/s1. The number of alkyl halides is 1. The van der Waals surface area contributed by atoms with Crippen molar-refractivity contribution in [1.82, 2.24) is 4.90 Å². The van der Waals surface area contributed by atoms with Crippen LogP contribution in [0.1, 0.15) is 6.92 Å². The maximum atomic E-state index is 14.3. The summed E-state index contributed by atoms with van der Waals surface area (Å²) in [6.07, 6.45) is -0.178. The van der Waals surface area contributed by atoms with Crippen molar-refractivity contribution in [3.63, 3.8) is 0 Å². The zero-order valence-electron chi connectivity index (χ0n) is 9.45. The Morgan fingerprint density at radius 3 is 2.94 bits per heavy atom. The maximum Gasteiger partial charge on any atom is 0.181 e. The van der Waals surface area contributed by atoms with Crippen LogP contribution in [0.2, 0.25) is 0 Å². The second kappa shape index (κ2) is 4.25. The number of nitrogens with two attached hydrogens (primary N) is 1. The zero-order valence-corrected chi connectivity index (χ0v) is 9.45. The van der Waals surface area contributed by atoms with E-state index in [1.54, 1.807) is 6.20 Å². The second-order valence-electron chi connectivity index (χ2n) is 4.36. The van der Waals surface area contributed by atoms with Crippen molar-refractivity contribution in [1.29, 1.82) is 0 Å². The lowest BCUT2D eigenvalue weighted by molar-refractivity contribution is -0.0871. The molecular formula is C10H16FN3O3. The van der Waals surface area contributed by atoms with E-state index in [1.807, 2.05) is 0 Å². The number of amidine groups is 1. The number of hydrogen-bond donors (Lipinski definition) is 3. The molecule has 2 aliphatic rings. The summed E-state index contributed by atoms with van der Waals surface area (Å²) in [6, 6.07) is 0. The minimum absolute atomic E-state index is 0.164. The first-order chi connectivity index (χ1) is 7.96. The summed E-state index contributed by atoms with van der Waals surface area (Å²) in [6.45, 7) is 0.977. The largest absolute Gasteiger partial charge is 0.394 e. The molecule has 1 unspecified atom stereocenters. The molecule has 2 aliphatic heterocycles. The van der Waals surface area contributed by atoms with E-state index in [-0.39, 0.29) is 6.67 Å². The molecule has 0 aromatic heterocycles. The average molecular weight is 245 g/mol. The molecule has 0 spiro atoms. The van der Waals surface area contributed by atoms with Crippen molar-refractivity contribution in [2.24, 2.45) is 10.7 Å². The molecule has 0 aromatic rings. The van der Waals surface area contributed by atoms with Crippen molar-refractivity contribution in [3.05, 3.63) is 12.3 Å². The molecule has 2 rings (SSSR count). The van der Waals surface area contributed by atoms with Gasteiger partial charge in [0.25, 0.3) is 0 Å². The summed E-state index contributed by atoms with van der Waals surface area (Å²) in [4.78, 5) is 5.44. The Bertz CT molecular complexity index is 359. The van der Waals surface area contributed by atoms with Crippen LogP contribution in [0.5, 0.6) is 0 Å². The van der Waals surface area contributed by atoms with Crippen LogP contribution < -0.4 is 5.73 Å². The van der Waals surface area contributed by atoms with Crippen molar-refractivity contribution >= 4 is 5.84 Å². The maximum absolute atomic E-state index is 14.3. The number of rotatable bonds is 2. The van der Waals surface area contributed by atoms with Gasteiger partial charge in [-0.2, -0.15) is 0 Å². The molecule has 0 aromatic carbocycles. The first-order valence-corrected chi connectivity index (χ1v) is 5.34. The van der Waals surface area contributed by atoms with Gasteiger partial charge in [0.15, 0.2) is 11.9 Å². The average Bonchev–Trinajstić information content (AvgIpc) is 2.53. The molecule has 0 radical (unpaired) electrons. The van der Waals surface area contributed by atoms with Crippen LogP contribution in [0.3, 0.4) is 0 Å². The Balaban J connectivity index is 2.14. The zero-order chi connectivity index (χ0) is 12.6. The first-order valence-electron chi connectivity index (χ1n) is 5.34. The van der Waals surface area contributed by atoms with Crippen LogP contribution in [0.15, 0.2) is 17.3 Å². The van der Waals surface area contributed by atoms with E-state index in [0.717, 1.165) is 0 Å². The van der Waals surface area contributed by atoms with E-state index in [4.69, 9.17) is 15.6 Å². The van der Waals surface area contributed by atoms with Gasteiger partial charge in [-0.3, -0.25) is 0 Å². The third kappa shape index (κ3) is 2.01. The van der Waals surface area contributed by atoms with E-state index < -0.39 is 30.7 Å². The van der Waals surface area contributed by atoms with Gasteiger partial charge in [-0.15, -0.1) is 0 Å². The van der Waals surface area contributed by atoms with Crippen LogP contribution in [-0.2, 0) is 4.74 Å². The summed E-state index contributed by atoms with van der Waals surface area (Å²) in [5.74, 6) is 0.360. The number of ether oxygens (including phenoxy) is 1. The van der Waals surface area contributed by atoms with Crippen LogP contribution >= 0.6 is 0 Å². The van der Waals surface area contributed by atoms with Gasteiger partial charge in [0.05, 0.1) is 6.61 Å². The van der Waals surface area contributed by atoms with Gasteiger partial charge < -0.3 is 25.6 Å². The van der Waals surface area contributed by atoms with Crippen molar-refractivity contribution in [2.45, 2.75) is 31.0 Å². The van der Waals surface area contributed by atoms with Gasteiger partial charge in [0, 0.05) is 6.20 Å². The lowest BCUT2D eigenvalue weighted by atomic mass is 9.98. The predicted molar refractivity (Wildman–Crippen MR) is 58.7 cm³/mol. The second-order valence-corrected chi connectivity index (χ2v) is 4.36. The molecule has 4 N–H and O–H groups in total. The smallest absolute Gasteiger partial charge is 0.181 e. The lowest BCUT2D eigenvalue weighted by Crippen LogP contribution is -2.49. The Hall–Kier alpha value is -1.18. The van der Waals surface area contributed by atoms with Gasteiger partial charge in [-0.05, 0) is 13.0 Å². The lowest BCUT2D eigenvalue weighted by Gasteiger charge is -2.33. The molecule has 0 saturated carbocycles. The molecule has 96 valence electrons. The van der Waals surface area contributed by atoms with Gasteiger partial charge >= 0.3 is 0 Å². The molecule has 0 bridgehead atoms. The Labute approximate surface area is 98.2 Å². The summed E-state index contributed by atoms with van der Waals surface area (Å²) in [5, 5.41) is 18.7. The first kappa shape index (κ1) is 12.3. The number of aliphatic hydroxyl groups excluding tert-OH is 2. The summed E-state index contributed by atoms with van der Waals surface area (Å²) >= 11 is 0. The molecule has 4 atom stereocenters. The summed E-state index contributed by atoms with van der Waals surface area (Å²) in [5.41, 5.74) is 3.48. The molecule has 1 fully saturated rings. The quantitative estimate of drug-likeness (QED) is 0.576. The fraction of sp³-hybridized carbons (Fsp3) is 0.700. The van der Waals surface area contributed by atoms with Gasteiger partial charge in [0.2, 0.25) is 0 Å². The normalized spacial score (nSPS) is 41.8. The molecule has 7 heteroatoms. The van der Waals surface area contributed by atoms with Crippen molar-refractivity contribution in [3.8, 4) is 0 Å². The van der Waals surface area contributed by atoms with Crippen LogP contribution in [-0.4, -0.2) is 58.3 Å². The highest BCUT2D eigenvalue weighted by molar-refractivity contribution is 5.91. The predicted octanol–water partition coefficient (Wildman–Crippen LogP) is -1.06. The Kier molecular flexibility index (Phi) is 3.07. The molecule has 6 nitrogen and oxygen atoms in total. The SMILES string of the molecule is C[C@]1(F)C(N2C=CC(N)=NC2)O[C@H](CO)[C@H]1O. The fourth-order valence-corrected chi connectivity index (χ4v) is 2.02. The molecule has 1 saturated heterocycles. The van der Waals surface area contributed by atoms with Gasteiger partial charge in [-0.1, -0.05) is 0 Å². The third-order valence-corrected chi connectivity index (χ3v) is 3.05. The van der Waals surface area contributed by atoms with E-state index in [9.17, 15) is 9.50 Å². The Morgan fingerprint density at radius 1 is 1.76 bits per heavy atom. The summed E-state index contributed by atoms with van der Waals surface area (Å²) < 4.78 is 19.6. The van der Waals surface area contributed by atoms with Crippen LogP contribution in [0, 0.1) is 0 Å². The van der Waals surface area contributed by atoms with Crippen molar-refractivity contribution in [2.75, 3.05) is 13.3 Å². The molecular weight excluding hydrogens is 229 g/mol. The highest BCUT2D eigenvalue weighted by Gasteiger charge is 2.55. The number of aliphatic hydroxyl groups is 2. The van der Waals surface area contributed by atoms with E-state index in [1.165, 1.54) is 17.9 Å². The van der Waals surface area contributed by atoms with Crippen LogP contribution in [0.25, 0.3) is 0 Å². The number of hydrogen-bond acceptors (Lipinski definition) is 6. The third-order valence-electron chi connectivity index (χ3n) is 3.05. The molecule has 0 amide bonds. The van der Waals surface area contributed by atoms with Crippen LogP contribution in [0.4, 0.5) is 4.39 Å². The number of nitrogens with zero attached hydrogens (tertiary/aromatic N) is 2. The Morgan fingerprint density at radius 2 is 2.47 bits per heavy atom. The monoisotopic (exact) mass is 245 g/mol. The topological polar surface area (TPSA) is 91.3 Å². The van der Waals surface area contributed by atoms with E-state index >= 15 is 0 Å². The van der Waals surface area contributed by atoms with Gasteiger partial charge in [-0.25, -0.2) is 9.38 Å².